The summed E-state index contributed by atoms with van der Waals surface area (Å²) in [5, 5.41) is 9.39. The molecule has 0 aliphatic heterocycles. The fourth-order valence-corrected chi connectivity index (χ4v) is 3.71. The lowest BCUT2D eigenvalue weighted by Crippen LogP contribution is -2.01. The predicted molar refractivity (Wildman–Crippen MR) is 119 cm³/mol. The van der Waals surface area contributed by atoms with Gasteiger partial charge in [0.25, 0.3) is 0 Å². The molecule has 0 fully saturated rings. The van der Waals surface area contributed by atoms with Crippen molar-refractivity contribution in [1.29, 1.82) is 0 Å². The molecule has 30 heavy (non-hydrogen) atoms. The lowest BCUT2D eigenvalue weighted by Gasteiger charge is -2.12. The standard InChI is InChI=1S/C21H17N7OS/c1-12-7-14(26-20-19-17(24-11-25-20)9-23-21(22-2)27-19)4-6-18(12)29-15-5-3-13-10-30-28-16(13)8-15/h3-11H,1-2H3,(H,22,23,27)(H,24,25,26). The molecule has 0 atom stereocenters. The number of ether oxygens (including phenoxy) is 1. The molecule has 0 aliphatic rings. The normalized spacial score (nSPS) is 11.0. The average Bonchev–Trinajstić information content (AvgIpc) is 3.23. The SMILES string of the molecule is CNc1ncc2ncnc(Nc3ccc(Oc4ccc5csnc5c4)c(C)c3)c2n1. The number of nitrogens with zero attached hydrogens (tertiary/aromatic N) is 5. The molecule has 3 heterocycles. The van der Waals surface area contributed by atoms with Crippen molar-refractivity contribution in [1.82, 2.24) is 24.3 Å². The quantitative estimate of drug-likeness (QED) is 0.418. The smallest absolute Gasteiger partial charge is 0.223 e. The predicted octanol–water partition coefficient (Wildman–Crippen LogP) is 4.92. The highest BCUT2D eigenvalue weighted by Crippen LogP contribution is 2.31. The molecule has 148 valence electrons. The van der Waals surface area contributed by atoms with Crippen molar-refractivity contribution in [2.75, 3.05) is 17.7 Å². The first-order valence-electron chi connectivity index (χ1n) is 9.25. The Morgan fingerprint density at radius 1 is 1.00 bits per heavy atom. The van der Waals surface area contributed by atoms with Crippen LogP contribution in [-0.2, 0) is 0 Å². The van der Waals surface area contributed by atoms with Gasteiger partial charge in [0.05, 0.1) is 11.7 Å². The summed E-state index contributed by atoms with van der Waals surface area (Å²) in [5.41, 5.74) is 4.11. The van der Waals surface area contributed by atoms with Gasteiger partial charge in [-0.05, 0) is 54.4 Å². The fourth-order valence-electron chi connectivity index (χ4n) is 3.08. The van der Waals surface area contributed by atoms with Crippen LogP contribution in [0.15, 0.2) is 54.3 Å². The lowest BCUT2D eigenvalue weighted by atomic mass is 10.2. The van der Waals surface area contributed by atoms with Gasteiger partial charge in [-0.3, -0.25) is 0 Å². The molecule has 5 rings (SSSR count). The van der Waals surface area contributed by atoms with Crippen molar-refractivity contribution in [3.8, 4) is 11.5 Å². The minimum absolute atomic E-state index is 0.511. The van der Waals surface area contributed by atoms with Crippen LogP contribution in [-0.4, -0.2) is 31.4 Å². The number of nitrogens with one attached hydrogen (secondary N) is 2. The van der Waals surface area contributed by atoms with Crippen LogP contribution in [0.4, 0.5) is 17.5 Å². The second-order valence-corrected chi connectivity index (χ2v) is 7.27. The Labute approximate surface area is 176 Å². The van der Waals surface area contributed by atoms with Crippen molar-refractivity contribution in [2.24, 2.45) is 0 Å². The summed E-state index contributed by atoms with van der Waals surface area (Å²) in [6, 6.07) is 11.8. The highest BCUT2D eigenvalue weighted by Gasteiger charge is 2.10. The minimum Gasteiger partial charge on any atom is -0.457 e. The summed E-state index contributed by atoms with van der Waals surface area (Å²) in [7, 11) is 1.77. The van der Waals surface area contributed by atoms with Crippen LogP contribution >= 0.6 is 11.5 Å². The second-order valence-electron chi connectivity index (χ2n) is 6.64. The Morgan fingerprint density at radius 3 is 2.80 bits per heavy atom. The number of hydrogen-bond donors (Lipinski definition) is 2. The molecule has 0 spiro atoms. The van der Waals surface area contributed by atoms with Gasteiger partial charge in [0, 0.05) is 29.6 Å². The first-order chi connectivity index (χ1) is 14.7. The summed E-state index contributed by atoms with van der Waals surface area (Å²) in [6.07, 6.45) is 3.16. The van der Waals surface area contributed by atoms with E-state index in [0.717, 1.165) is 33.7 Å². The van der Waals surface area contributed by atoms with Crippen LogP contribution < -0.4 is 15.4 Å². The molecule has 3 aromatic heterocycles. The summed E-state index contributed by atoms with van der Waals surface area (Å²) in [4.78, 5) is 17.2. The summed E-state index contributed by atoms with van der Waals surface area (Å²) >= 11 is 1.44. The number of benzene rings is 2. The Morgan fingerprint density at radius 2 is 1.93 bits per heavy atom. The first-order valence-corrected chi connectivity index (χ1v) is 10.1. The van der Waals surface area contributed by atoms with E-state index in [2.05, 4.69) is 34.9 Å². The zero-order chi connectivity index (χ0) is 20.5. The van der Waals surface area contributed by atoms with E-state index in [1.807, 2.05) is 48.7 Å². The molecule has 8 nitrogen and oxygen atoms in total. The van der Waals surface area contributed by atoms with Crippen LogP contribution in [0.3, 0.4) is 0 Å². The van der Waals surface area contributed by atoms with E-state index in [9.17, 15) is 0 Å². The van der Waals surface area contributed by atoms with Crippen LogP contribution in [0.5, 0.6) is 11.5 Å². The molecule has 0 aliphatic carbocycles. The van der Waals surface area contributed by atoms with Crippen molar-refractivity contribution < 1.29 is 4.74 Å². The molecule has 0 saturated carbocycles. The molecule has 2 N–H and O–H groups in total. The van der Waals surface area contributed by atoms with E-state index in [4.69, 9.17) is 4.74 Å². The molecule has 9 heteroatoms. The first kappa shape index (κ1) is 18.2. The second kappa shape index (κ2) is 7.53. The van der Waals surface area contributed by atoms with Gasteiger partial charge in [-0.15, -0.1) is 0 Å². The van der Waals surface area contributed by atoms with Crippen LogP contribution in [0.2, 0.25) is 0 Å². The molecule has 0 radical (unpaired) electrons. The van der Waals surface area contributed by atoms with E-state index < -0.39 is 0 Å². The van der Waals surface area contributed by atoms with Crippen molar-refractivity contribution in [2.45, 2.75) is 6.92 Å². The van der Waals surface area contributed by atoms with Gasteiger partial charge in [0.1, 0.15) is 28.9 Å². The highest BCUT2D eigenvalue weighted by molar-refractivity contribution is 7.04. The van der Waals surface area contributed by atoms with Crippen molar-refractivity contribution in [3.05, 3.63) is 59.9 Å². The Hall–Kier alpha value is -3.85. The monoisotopic (exact) mass is 415 g/mol. The zero-order valence-electron chi connectivity index (χ0n) is 16.2. The van der Waals surface area contributed by atoms with E-state index in [1.165, 1.54) is 17.9 Å². The van der Waals surface area contributed by atoms with Crippen molar-refractivity contribution >= 4 is 50.9 Å². The lowest BCUT2D eigenvalue weighted by molar-refractivity contribution is 0.479. The number of rotatable bonds is 5. The van der Waals surface area contributed by atoms with Crippen LogP contribution in [0.25, 0.3) is 21.9 Å². The third-order valence-electron chi connectivity index (χ3n) is 4.60. The molecular weight excluding hydrogens is 398 g/mol. The Kier molecular flexibility index (Phi) is 4.56. The number of fused-ring (bicyclic) bond motifs is 2. The summed E-state index contributed by atoms with van der Waals surface area (Å²) in [5.74, 6) is 2.66. The third-order valence-corrected chi connectivity index (χ3v) is 5.26. The topological polar surface area (TPSA) is 97.7 Å². The number of aromatic nitrogens is 5. The molecular formula is C21H17N7OS. The zero-order valence-corrected chi connectivity index (χ0v) is 17.1. The molecule has 2 aromatic carbocycles. The van der Waals surface area contributed by atoms with Crippen LogP contribution in [0, 0.1) is 6.92 Å². The van der Waals surface area contributed by atoms with Gasteiger partial charge >= 0.3 is 0 Å². The third kappa shape index (κ3) is 3.46. The Bertz CT molecular complexity index is 1370. The van der Waals surface area contributed by atoms with Gasteiger partial charge in [-0.25, -0.2) is 19.9 Å². The van der Waals surface area contributed by atoms with Gasteiger partial charge in [-0.2, -0.15) is 4.37 Å². The molecule has 0 bridgehead atoms. The van der Waals surface area contributed by atoms with Gasteiger partial charge in [0.15, 0.2) is 5.82 Å². The highest BCUT2D eigenvalue weighted by atomic mass is 32.1. The maximum absolute atomic E-state index is 6.07. The number of aryl methyl sites for hydroxylation is 1. The number of anilines is 3. The van der Waals surface area contributed by atoms with E-state index in [1.54, 1.807) is 13.2 Å². The molecule has 0 unspecified atom stereocenters. The van der Waals surface area contributed by atoms with E-state index in [0.29, 0.717) is 22.8 Å². The Balaban J connectivity index is 1.41. The van der Waals surface area contributed by atoms with E-state index >= 15 is 0 Å². The molecule has 0 saturated heterocycles. The van der Waals surface area contributed by atoms with Gasteiger partial charge in [0.2, 0.25) is 5.95 Å². The summed E-state index contributed by atoms with van der Waals surface area (Å²) < 4.78 is 10.4. The van der Waals surface area contributed by atoms with Gasteiger partial charge in [-0.1, -0.05) is 0 Å². The largest absolute Gasteiger partial charge is 0.457 e. The number of hydrogen-bond acceptors (Lipinski definition) is 9. The van der Waals surface area contributed by atoms with Gasteiger partial charge < -0.3 is 15.4 Å². The maximum atomic E-state index is 6.07. The van der Waals surface area contributed by atoms with Crippen molar-refractivity contribution in [3.63, 3.8) is 0 Å². The van der Waals surface area contributed by atoms with E-state index in [-0.39, 0.29) is 0 Å². The molecule has 0 amide bonds. The molecule has 5 aromatic rings. The van der Waals surface area contributed by atoms with Crippen LogP contribution in [0.1, 0.15) is 5.56 Å². The maximum Gasteiger partial charge on any atom is 0.223 e. The summed E-state index contributed by atoms with van der Waals surface area (Å²) in [6.45, 7) is 2.00. The minimum atomic E-state index is 0.511. The fraction of sp³-hybridized carbons (Fsp3) is 0.0952. The average molecular weight is 415 g/mol.